The minimum atomic E-state index is -0.0730. The predicted octanol–water partition coefficient (Wildman–Crippen LogP) is 1.93. The van der Waals surface area contributed by atoms with Crippen molar-refractivity contribution in [1.82, 2.24) is 4.90 Å². The van der Waals surface area contributed by atoms with Gasteiger partial charge in [0.15, 0.2) is 0 Å². The van der Waals surface area contributed by atoms with Crippen molar-refractivity contribution in [2.24, 2.45) is 5.73 Å². The number of ether oxygens (including phenoxy) is 1. The second kappa shape index (κ2) is 5.34. The molecule has 4 heteroatoms. The van der Waals surface area contributed by atoms with Gasteiger partial charge in [-0.1, -0.05) is 36.5 Å². The van der Waals surface area contributed by atoms with Gasteiger partial charge in [-0.2, -0.15) is 0 Å². The number of morpholine rings is 1. The van der Waals surface area contributed by atoms with E-state index in [0.29, 0.717) is 4.99 Å². The largest absolute Gasteiger partial charge is 0.389 e. The van der Waals surface area contributed by atoms with Crippen LogP contribution in [0.3, 0.4) is 0 Å². The summed E-state index contributed by atoms with van der Waals surface area (Å²) in [5.74, 6) is 0. The molecule has 1 aliphatic heterocycles. The van der Waals surface area contributed by atoms with Crippen LogP contribution in [-0.2, 0) is 11.3 Å². The Kier molecular flexibility index (Phi) is 4.00. The summed E-state index contributed by atoms with van der Waals surface area (Å²) in [5.41, 5.74) is 7.87. The number of nitrogens with zero attached hydrogens (tertiary/aromatic N) is 1. The normalized spacial score (nSPS) is 19.7. The Hall–Kier alpha value is -0.970. The van der Waals surface area contributed by atoms with E-state index in [-0.39, 0.29) is 5.60 Å². The van der Waals surface area contributed by atoms with Gasteiger partial charge in [0.2, 0.25) is 0 Å². The van der Waals surface area contributed by atoms with Gasteiger partial charge in [-0.25, -0.2) is 0 Å². The molecular formula is C14H20N2OS. The highest BCUT2D eigenvalue weighted by atomic mass is 32.1. The molecule has 0 bridgehead atoms. The quantitative estimate of drug-likeness (QED) is 0.847. The summed E-state index contributed by atoms with van der Waals surface area (Å²) in [7, 11) is 0. The summed E-state index contributed by atoms with van der Waals surface area (Å²) < 4.78 is 5.72. The molecule has 3 nitrogen and oxygen atoms in total. The molecule has 18 heavy (non-hydrogen) atoms. The number of hydrogen-bond donors (Lipinski definition) is 1. The van der Waals surface area contributed by atoms with Gasteiger partial charge in [-0.15, -0.1) is 0 Å². The first kappa shape index (κ1) is 13.5. The molecule has 0 aliphatic carbocycles. The lowest BCUT2D eigenvalue weighted by atomic mass is 10.0. The summed E-state index contributed by atoms with van der Waals surface area (Å²) in [4.78, 5) is 2.86. The molecule has 1 aromatic carbocycles. The van der Waals surface area contributed by atoms with Crippen LogP contribution in [0.25, 0.3) is 0 Å². The minimum Gasteiger partial charge on any atom is -0.389 e. The molecule has 98 valence electrons. The maximum Gasteiger partial charge on any atom is 0.104 e. The average molecular weight is 264 g/mol. The van der Waals surface area contributed by atoms with Crippen LogP contribution in [0.15, 0.2) is 24.3 Å². The zero-order valence-corrected chi connectivity index (χ0v) is 11.8. The molecule has 1 heterocycles. The van der Waals surface area contributed by atoms with Crippen LogP contribution in [0.4, 0.5) is 0 Å². The van der Waals surface area contributed by atoms with Gasteiger partial charge in [0, 0.05) is 25.2 Å². The van der Waals surface area contributed by atoms with Crippen molar-refractivity contribution in [2.75, 3.05) is 19.7 Å². The SMILES string of the molecule is CC1(C)CN(Cc2ccccc2C(N)=S)CCO1. The topological polar surface area (TPSA) is 38.5 Å². The maximum absolute atomic E-state index is 5.76. The summed E-state index contributed by atoms with van der Waals surface area (Å²) in [6.07, 6.45) is 0. The Morgan fingerprint density at radius 2 is 2.17 bits per heavy atom. The molecule has 1 aromatic rings. The van der Waals surface area contributed by atoms with E-state index in [1.165, 1.54) is 5.56 Å². The molecular weight excluding hydrogens is 244 g/mol. The molecule has 2 rings (SSSR count). The van der Waals surface area contributed by atoms with E-state index >= 15 is 0 Å². The van der Waals surface area contributed by atoms with Gasteiger partial charge < -0.3 is 10.5 Å². The summed E-state index contributed by atoms with van der Waals surface area (Å²) >= 11 is 5.10. The standard InChI is InChI=1S/C14H20N2OS/c1-14(2)10-16(7-8-17-14)9-11-5-3-4-6-12(11)13(15)18/h3-6H,7-10H2,1-2H3,(H2,15,18). The van der Waals surface area contributed by atoms with E-state index in [1.807, 2.05) is 18.2 Å². The molecule has 1 aliphatic rings. The molecule has 0 saturated carbocycles. The zero-order valence-electron chi connectivity index (χ0n) is 11.0. The van der Waals surface area contributed by atoms with E-state index in [9.17, 15) is 0 Å². The lowest BCUT2D eigenvalue weighted by Crippen LogP contribution is -2.47. The molecule has 0 aromatic heterocycles. The van der Waals surface area contributed by atoms with E-state index in [0.717, 1.165) is 31.8 Å². The maximum atomic E-state index is 5.76. The van der Waals surface area contributed by atoms with E-state index in [1.54, 1.807) is 0 Å². The van der Waals surface area contributed by atoms with Crippen LogP contribution in [-0.4, -0.2) is 35.2 Å². The first-order chi connectivity index (χ1) is 8.48. The number of rotatable bonds is 3. The van der Waals surface area contributed by atoms with Crippen molar-refractivity contribution in [3.63, 3.8) is 0 Å². The van der Waals surface area contributed by atoms with Crippen LogP contribution < -0.4 is 5.73 Å². The van der Waals surface area contributed by atoms with Gasteiger partial charge in [-0.05, 0) is 19.4 Å². The monoisotopic (exact) mass is 264 g/mol. The number of hydrogen-bond acceptors (Lipinski definition) is 3. The van der Waals surface area contributed by atoms with Crippen LogP contribution in [0.2, 0.25) is 0 Å². The van der Waals surface area contributed by atoms with Crippen molar-refractivity contribution in [3.8, 4) is 0 Å². The number of benzene rings is 1. The molecule has 0 amide bonds. The predicted molar refractivity (Wildman–Crippen MR) is 77.6 cm³/mol. The second-order valence-electron chi connectivity index (χ2n) is 5.34. The Labute approximate surface area is 114 Å². The zero-order chi connectivity index (χ0) is 13.2. The molecule has 0 radical (unpaired) electrons. The highest BCUT2D eigenvalue weighted by Gasteiger charge is 2.27. The van der Waals surface area contributed by atoms with Gasteiger partial charge in [0.05, 0.1) is 12.2 Å². The van der Waals surface area contributed by atoms with Crippen molar-refractivity contribution in [2.45, 2.75) is 26.0 Å². The van der Waals surface area contributed by atoms with E-state index in [2.05, 4.69) is 24.8 Å². The smallest absolute Gasteiger partial charge is 0.104 e. The summed E-state index contributed by atoms with van der Waals surface area (Å²) in [6, 6.07) is 8.09. The first-order valence-corrected chi connectivity index (χ1v) is 6.63. The Bertz CT molecular complexity index is 445. The van der Waals surface area contributed by atoms with Gasteiger partial charge in [0.25, 0.3) is 0 Å². The fourth-order valence-corrected chi connectivity index (χ4v) is 2.59. The Balaban J connectivity index is 2.12. The van der Waals surface area contributed by atoms with E-state index < -0.39 is 0 Å². The Morgan fingerprint density at radius 1 is 1.44 bits per heavy atom. The third-order valence-corrected chi connectivity index (χ3v) is 3.40. The van der Waals surface area contributed by atoms with Crippen LogP contribution >= 0.6 is 12.2 Å². The van der Waals surface area contributed by atoms with Crippen molar-refractivity contribution < 1.29 is 4.74 Å². The third kappa shape index (κ3) is 3.28. The fourth-order valence-electron chi connectivity index (χ4n) is 2.39. The Morgan fingerprint density at radius 3 is 2.83 bits per heavy atom. The molecule has 0 unspecified atom stereocenters. The van der Waals surface area contributed by atoms with Crippen molar-refractivity contribution >= 4 is 17.2 Å². The van der Waals surface area contributed by atoms with Gasteiger partial charge in [0.1, 0.15) is 4.99 Å². The van der Waals surface area contributed by atoms with Gasteiger partial charge in [-0.3, -0.25) is 4.90 Å². The summed E-state index contributed by atoms with van der Waals surface area (Å²) in [5, 5.41) is 0. The highest BCUT2D eigenvalue weighted by Crippen LogP contribution is 2.19. The second-order valence-corrected chi connectivity index (χ2v) is 5.78. The van der Waals surface area contributed by atoms with Crippen molar-refractivity contribution in [1.29, 1.82) is 0 Å². The lowest BCUT2D eigenvalue weighted by Gasteiger charge is -2.38. The van der Waals surface area contributed by atoms with Crippen LogP contribution in [0, 0.1) is 0 Å². The fraction of sp³-hybridized carbons (Fsp3) is 0.500. The average Bonchev–Trinajstić information content (AvgIpc) is 2.28. The summed E-state index contributed by atoms with van der Waals surface area (Å²) in [6.45, 7) is 7.79. The molecule has 1 fully saturated rings. The molecule has 1 saturated heterocycles. The first-order valence-electron chi connectivity index (χ1n) is 6.22. The van der Waals surface area contributed by atoms with Crippen LogP contribution in [0.1, 0.15) is 25.0 Å². The van der Waals surface area contributed by atoms with Crippen LogP contribution in [0.5, 0.6) is 0 Å². The molecule has 0 atom stereocenters. The molecule has 0 spiro atoms. The highest BCUT2D eigenvalue weighted by molar-refractivity contribution is 7.80. The van der Waals surface area contributed by atoms with Crippen molar-refractivity contribution in [3.05, 3.63) is 35.4 Å². The van der Waals surface area contributed by atoms with Gasteiger partial charge >= 0.3 is 0 Å². The minimum absolute atomic E-state index is 0.0730. The third-order valence-electron chi connectivity index (χ3n) is 3.18. The van der Waals surface area contributed by atoms with E-state index in [4.69, 9.17) is 22.7 Å². The number of nitrogens with two attached hydrogens (primary N) is 1. The number of thiocarbonyl (C=S) groups is 1. The molecule has 2 N–H and O–H groups in total. The lowest BCUT2D eigenvalue weighted by molar-refractivity contribution is -0.0882.